The van der Waals surface area contributed by atoms with E-state index in [9.17, 15) is 18.0 Å². The first-order chi connectivity index (χ1) is 10.4. The minimum Gasteiger partial charge on any atom is -0.356 e. The molecule has 0 spiro atoms. The van der Waals surface area contributed by atoms with Crippen LogP contribution in [-0.2, 0) is 17.4 Å². The molecule has 1 heterocycles. The molecule has 3 rings (SSSR count). The number of rotatable bonds is 2. The molecule has 0 unspecified atom stereocenters. The van der Waals surface area contributed by atoms with E-state index in [0.717, 1.165) is 23.4 Å². The summed E-state index contributed by atoms with van der Waals surface area (Å²) in [6, 6.07) is 10.4. The van der Waals surface area contributed by atoms with E-state index in [1.54, 1.807) is 18.2 Å². The number of halogens is 3. The average Bonchev–Trinajstić information content (AvgIpc) is 2.47. The van der Waals surface area contributed by atoms with Crippen molar-refractivity contribution in [2.24, 2.45) is 0 Å². The summed E-state index contributed by atoms with van der Waals surface area (Å²) in [7, 11) is 0. The van der Waals surface area contributed by atoms with Gasteiger partial charge >= 0.3 is 6.18 Å². The molecule has 1 aliphatic rings. The van der Waals surface area contributed by atoms with Crippen molar-refractivity contribution in [3.63, 3.8) is 0 Å². The maximum atomic E-state index is 12.7. The van der Waals surface area contributed by atoms with Crippen molar-refractivity contribution >= 4 is 23.0 Å². The minimum absolute atomic E-state index is 0.0221. The molecule has 1 amide bonds. The lowest BCUT2D eigenvalue weighted by molar-refractivity contribution is -0.137. The number of fused-ring (bicyclic) bond motifs is 1. The van der Waals surface area contributed by atoms with Gasteiger partial charge in [0.1, 0.15) is 0 Å². The molecule has 2 aromatic rings. The van der Waals surface area contributed by atoms with E-state index >= 15 is 0 Å². The summed E-state index contributed by atoms with van der Waals surface area (Å²) in [6.07, 6.45) is -3.32. The molecule has 0 fully saturated rings. The van der Waals surface area contributed by atoms with Crippen LogP contribution in [0.3, 0.4) is 0 Å². The third kappa shape index (κ3) is 3.05. The molecule has 0 saturated carbocycles. The number of amides is 1. The zero-order valence-corrected chi connectivity index (χ0v) is 11.5. The molecule has 0 aromatic heterocycles. The van der Waals surface area contributed by atoms with Gasteiger partial charge in [-0.15, -0.1) is 0 Å². The highest BCUT2D eigenvalue weighted by Gasteiger charge is 2.30. The van der Waals surface area contributed by atoms with Gasteiger partial charge in [-0.1, -0.05) is 6.07 Å². The van der Waals surface area contributed by atoms with Gasteiger partial charge in [0.05, 0.1) is 5.56 Å². The number of carbonyl (C=O) groups excluding carboxylic acids is 1. The van der Waals surface area contributed by atoms with E-state index < -0.39 is 11.7 Å². The van der Waals surface area contributed by atoms with Crippen LogP contribution in [-0.4, -0.2) is 5.91 Å². The van der Waals surface area contributed by atoms with E-state index in [-0.39, 0.29) is 5.91 Å². The number of hydrogen-bond donors (Lipinski definition) is 2. The largest absolute Gasteiger partial charge is 0.416 e. The molecule has 6 heteroatoms. The normalized spacial score (nSPS) is 14.2. The molecule has 3 nitrogen and oxygen atoms in total. The van der Waals surface area contributed by atoms with Crippen LogP contribution in [0.25, 0.3) is 0 Å². The van der Waals surface area contributed by atoms with E-state index in [0.29, 0.717) is 24.2 Å². The molecule has 2 aromatic carbocycles. The second-order valence-electron chi connectivity index (χ2n) is 5.12. The molecule has 22 heavy (non-hydrogen) atoms. The second kappa shape index (κ2) is 5.36. The summed E-state index contributed by atoms with van der Waals surface area (Å²) in [5.41, 5.74) is 2.09. The minimum atomic E-state index is -4.36. The zero-order valence-electron chi connectivity index (χ0n) is 11.5. The summed E-state index contributed by atoms with van der Waals surface area (Å²) >= 11 is 0. The molecule has 0 radical (unpaired) electrons. The Morgan fingerprint density at radius 1 is 1.00 bits per heavy atom. The van der Waals surface area contributed by atoms with Gasteiger partial charge < -0.3 is 10.6 Å². The molecular formula is C16H13F3N2O. The van der Waals surface area contributed by atoms with Gasteiger partial charge in [0, 0.05) is 23.5 Å². The number of alkyl halides is 3. The summed E-state index contributed by atoms with van der Waals surface area (Å²) in [6.45, 7) is 0. The molecule has 0 saturated heterocycles. The van der Waals surface area contributed by atoms with Crippen LogP contribution < -0.4 is 10.6 Å². The quantitative estimate of drug-likeness (QED) is 0.867. The fraction of sp³-hybridized carbons (Fsp3) is 0.188. The topological polar surface area (TPSA) is 41.1 Å². The van der Waals surface area contributed by atoms with Crippen LogP contribution in [0.2, 0.25) is 0 Å². The van der Waals surface area contributed by atoms with E-state index in [2.05, 4.69) is 10.6 Å². The number of hydrogen-bond acceptors (Lipinski definition) is 2. The van der Waals surface area contributed by atoms with Crippen LogP contribution in [0, 0.1) is 0 Å². The van der Waals surface area contributed by atoms with Gasteiger partial charge in [-0.3, -0.25) is 4.79 Å². The highest BCUT2D eigenvalue weighted by atomic mass is 19.4. The molecule has 2 N–H and O–H groups in total. The molecule has 1 aliphatic heterocycles. The molecular weight excluding hydrogens is 293 g/mol. The zero-order chi connectivity index (χ0) is 15.7. The average molecular weight is 306 g/mol. The van der Waals surface area contributed by atoms with Crippen molar-refractivity contribution in [3.05, 3.63) is 53.6 Å². The second-order valence-corrected chi connectivity index (χ2v) is 5.12. The van der Waals surface area contributed by atoms with Gasteiger partial charge in [0.2, 0.25) is 5.91 Å². The van der Waals surface area contributed by atoms with E-state index in [1.165, 1.54) is 6.07 Å². The Labute approximate surface area is 125 Å². The van der Waals surface area contributed by atoms with Crippen LogP contribution >= 0.6 is 0 Å². The van der Waals surface area contributed by atoms with E-state index in [1.807, 2.05) is 6.07 Å². The third-order valence-corrected chi connectivity index (χ3v) is 3.48. The monoisotopic (exact) mass is 306 g/mol. The van der Waals surface area contributed by atoms with Crippen LogP contribution in [0.4, 0.5) is 30.2 Å². The number of carbonyl (C=O) groups is 1. The highest BCUT2D eigenvalue weighted by Crippen LogP contribution is 2.32. The van der Waals surface area contributed by atoms with Crippen molar-refractivity contribution in [1.82, 2.24) is 0 Å². The predicted octanol–water partition coefficient (Wildman–Crippen LogP) is 4.33. The maximum absolute atomic E-state index is 12.7. The van der Waals surface area contributed by atoms with Gasteiger partial charge in [-0.2, -0.15) is 13.2 Å². The fourth-order valence-corrected chi connectivity index (χ4v) is 2.40. The summed E-state index contributed by atoms with van der Waals surface area (Å²) in [5, 5.41) is 5.73. The van der Waals surface area contributed by atoms with Gasteiger partial charge in [0.15, 0.2) is 0 Å². The Kier molecular flexibility index (Phi) is 3.52. The van der Waals surface area contributed by atoms with Crippen molar-refractivity contribution < 1.29 is 18.0 Å². The Balaban J connectivity index is 1.83. The highest BCUT2D eigenvalue weighted by molar-refractivity contribution is 5.94. The first-order valence-electron chi connectivity index (χ1n) is 6.79. The predicted molar refractivity (Wildman–Crippen MR) is 78.1 cm³/mol. The van der Waals surface area contributed by atoms with Gasteiger partial charge in [-0.05, 0) is 48.4 Å². The van der Waals surface area contributed by atoms with Crippen molar-refractivity contribution in [2.75, 3.05) is 10.6 Å². The lowest BCUT2D eigenvalue weighted by Gasteiger charge is -2.18. The summed E-state index contributed by atoms with van der Waals surface area (Å²) in [5.74, 6) is -0.0221. The smallest absolute Gasteiger partial charge is 0.356 e. The number of anilines is 3. The summed E-state index contributed by atoms with van der Waals surface area (Å²) in [4.78, 5) is 11.3. The Morgan fingerprint density at radius 3 is 2.55 bits per heavy atom. The standard InChI is InChI=1S/C16H13F3N2O/c17-16(18,19)11-2-1-3-12(9-11)20-13-5-6-14-10(8-13)4-7-15(22)21-14/h1-3,5-6,8-9,20H,4,7H2,(H,21,22). The molecule has 0 aliphatic carbocycles. The number of benzene rings is 2. The van der Waals surface area contributed by atoms with Crippen molar-refractivity contribution in [1.29, 1.82) is 0 Å². The van der Waals surface area contributed by atoms with Crippen LogP contribution in [0.5, 0.6) is 0 Å². The Bertz CT molecular complexity index is 726. The number of nitrogens with one attached hydrogen (secondary N) is 2. The van der Waals surface area contributed by atoms with Crippen molar-refractivity contribution in [2.45, 2.75) is 19.0 Å². The van der Waals surface area contributed by atoms with Gasteiger partial charge in [-0.25, -0.2) is 0 Å². The van der Waals surface area contributed by atoms with Gasteiger partial charge in [0.25, 0.3) is 0 Å². The van der Waals surface area contributed by atoms with E-state index in [4.69, 9.17) is 0 Å². The molecule has 0 atom stereocenters. The summed E-state index contributed by atoms with van der Waals surface area (Å²) < 4.78 is 38.1. The maximum Gasteiger partial charge on any atom is 0.416 e. The number of aryl methyl sites for hydroxylation is 1. The third-order valence-electron chi connectivity index (χ3n) is 3.48. The SMILES string of the molecule is O=C1CCc2cc(Nc3cccc(C(F)(F)F)c3)ccc2N1. The molecule has 114 valence electrons. The lowest BCUT2D eigenvalue weighted by atomic mass is 10.0. The first kappa shape index (κ1) is 14.4. The van der Waals surface area contributed by atoms with Crippen LogP contribution in [0.1, 0.15) is 17.5 Å². The van der Waals surface area contributed by atoms with Crippen molar-refractivity contribution in [3.8, 4) is 0 Å². The van der Waals surface area contributed by atoms with Crippen LogP contribution in [0.15, 0.2) is 42.5 Å². The first-order valence-corrected chi connectivity index (χ1v) is 6.79. The fourth-order valence-electron chi connectivity index (χ4n) is 2.40. The lowest BCUT2D eigenvalue weighted by Crippen LogP contribution is -2.18. The Hall–Kier alpha value is -2.50. The molecule has 0 bridgehead atoms. The Morgan fingerprint density at radius 2 is 1.77 bits per heavy atom.